The second kappa shape index (κ2) is 4.57. The topological polar surface area (TPSA) is 39.4 Å². The molecule has 2 aromatic rings. The van der Waals surface area contributed by atoms with Crippen LogP contribution in [0.15, 0.2) is 34.7 Å². The van der Waals surface area contributed by atoms with E-state index >= 15 is 0 Å². The third-order valence-electron chi connectivity index (χ3n) is 3.39. The van der Waals surface area contributed by atoms with Crippen LogP contribution in [0.3, 0.4) is 0 Å². The molecular weight excluding hydrogens is 240 g/mol. The van der Waals surface area contributed by atoms with E-state index in [0.717, 1.165) is 29.9 Å². The van der Waals surface area contributed by atoms with Gasteiger partial charge < -0.3 is 9.15 Å². The van der Waals surface area contributed by atoms with Crippen LogP contribution in [0.5, 0.6) is 5.75 Å². The summed E-state index contributed by atoms with van der Waals surface area (Å²) in [5.41, 5.74) is 1.76. The van der Waals surface area contributed by atoms with Crippen LogP contribution in [0, 0.1) is 0 Å². The number of hydrogen-bond acceptors (Lipinski definition) is 3. The number of rotatable bonds is 3. The maximum Gasteiger partial charge on any atom is 0.228 e. The molecule has 0 fully saturated rings. The van der Waals surface area contributed by atoms with Gasteiger partial charge in [0.25, 0.3) is 0 Å². The van der Waals surface area contributed by atoms with Gasteiger partial charge in [-0.2, -0.15) is 0 Å². The molecule has 0 spiro atoms. The summed E-state index contributed by atoms with van der Waals surface area (Å²) in [7, 11) is 0. The fourth-order valence-electron chi connectivity index (χ4n) is 2.40. The Morgan fingerprint density at radius 1 is 1.32 bits per heavy atom. The first kappa shape index (κ1) is 12.0. The first-order chi connectivity index (χ1) is 9.17. The average Bonchev–Trinajstić information content (AvgIpc) is 3.01. The smallest absolute Gasteiger partial charge is 0.228 e. The fourth-order valence-corrected chi connectivity index (χ4v) is 2.40. The predicted molar refractivity (Wildman–Crippen MR) is 71.8 cm³/mol. The molecule has 0 bridgehead atoms. The molecule has 3 rings (SSSR count). The summed E-state index contributed by atoms with van der Waals surface area (Å²) in [5, 5.41) is 0. The zero-order valence-corrected chi connectivity index (χ0v) is 11.1. The Bertz CT molecular complexity index is 625. The van der Waals surface area contributed by atoms with Crippen LogP contribution in [-0.4, -0.2) is 11.9 Å². The maximum atomic E-state index is 12.3. The SMILES string of the molecule is CCc1ccc(C(=O)c2ccc3c(c2)CC(C)O3)o1. The van der Waals surface area contributed by atoms with Crippen molar-refractivity contribution in [3.8, 4) is 5.75 Å². The van der Waals surface area contributed by atoms with E-state index < -0.39 is 0 Å². The number of fused-ring (bicyclic) bond motifs is 1. The van der Waals surface area contributed by atoms with E-state index in [4.69, 9.17) is 9.15 Å². The molecule has 1 aliphatic heterocycles. The molecule has 0 aliphatic carbocycles. The first-order valence-corrected chi connectivity index (χ1v) is 6.60. The molecule has 0 radical (unpaired) electrons. The maximum absolute atomic E-state index is 12.3. The molecule has 3 heteroatoms. The van der Waals surface area contributed by atoms with E-state index in [1.807, 2.05) is 32.0 Å². The Labute approximate surface area is 112 Å². The standard InChI is InChI=1S/C16H16O3/c1-3-13-5-7-15(19-13)16(17)11-4-6-14-12(9-11)8-10(2)18-14/h4-7,9-10H,3,8H2,1-2H3. The van der Waals surface area contributed by atoms with Crippen LogP contribution in [0.4, 0.5) is 0 Å². The van der Waals surface area contributed by atoms with Crippen molar-refractivity contribution in [3.05, 3.63) is 53.0 Å². The molecule has 1 atom stereocenters. The minimum atomic E-state index is -0.0675. The van der Waals surface area contributed by atoms with Gasteiger partial charge in [0.2, 0.25) is 5.78 Å². The third kappa shape index (κ3) is 2.16. The Morgan fingerprint density at radius 3 is 2.89 bits per heavy atom. The number of carbonyl (C=O) groups excluding carboxylic acids is 1. The number of ether oxygens (including phenoxy) is 1. The number of ketones is 1. The van der Waals surface area contributed by atoms with E-state index in [1.165, 1.54) is 0 Å². The fraction of sp³-hybridized carbons (Fsp3) is 0.312. The van der Waals surface area contributed by atoms with Crippen LogP contribution in [-0.2, 0) is 12.8 Å². The molecule has 0 saturated heterocycles. The molecule has 0 saturated carbocycles. The molecule has 98 valence electrons. The minimum Gasteiger partial charge on any atom is -0.490 e. The summed E-state index contributed by atoms with van der Waals surface area (Å²) in [5.74, 6) is 2.06. The van der Waals surface area contributed by atoms with Gasteiger partial charge in [0.1, 0.15) is 17.6 Å². The Morgan fingerprint density at radius 2 is 2.16 bits per heavy atom. The van der Waals surface area contributed by atoms with E-state index in [9.17, 15) is 4.79 Å². The molecule has 1 aromatic carbocycles. The van der Waals surface area contributed by atoms with Gasteiger partial charge in [-0.05, 0) is 42.8 Å². The van der Waals surface area contributed by atoms with Crippen LogP contribution in [0.2, 0.25) is 0 Å². The van der Waals surface area contributed by atoms with Crippen molar-refractivity contribution in [2.45, 2.75) is 32.8 Å². The second-order valence-electron chi connectivity index (χ2n) is 4.90. The normalized spacial score (nSPS) is 17.1. The number of aryl methyl sites for hydroxylation is 1. The highest BCUT2D eigenvalue weighted by atomic mass is 16.5. The Hall–Kier alpha value is -2.03. The van der Waals surface area contributed by atoms with Crippen molar-refractivity contribution >= 4 is 5.78 Å². The van der Waals surface area contributed by atoms with Gasteiger partial charge in [0.05, 0.1) is 0 Å². The van der Waals surface area contributed by atoms with Gasteiger partial charge in [0.15, 0.2) is 5.76 Å². The van der Waals surface area contributed by atoms with E-state index in [2.05, 4.69) is 0 Å². The van der Waals surface area contributed by atoms with Crippen LogP contribution in [0.1, 0.15) is 41.3 Å². The van der Waals surface area contributed by atoms with Crippen molar-refractivity contribution in [2.75, 3.05) is 0 Å². The zero-order valence-electron chi connectivity index (χ0n) is 11.1. The lowest BCUT2D eigenvalue weighted by Gasteiger charge is -2.03. The number of carbonyl (C=O) groups is 1. The largest absolute Gasteiger partial charge is 0.490 e. The highest BCUT2D eigenvalue weighted by Gasteiger charge is 2.21. The summed E-state index contributed by atoms with van der Waals surface area (Å²) < 4.78 is 11.1. The lowest BCUT2D eigenvalue weighted by atomic mass is 10.0. The molecule has 2 heterocycles. The molecule has 1 aromatic heterocycles. The molecule has 0 amide bonds. The minimum absolute atomic E-state index is 0.0675. The molecule has 1 aliphatic rings. The van der Waals surface area contributed by atoms with Gasteiger partial charge in [-0.15, -0.1) is 0 Å². The third-order valence-corrected chi connectivity index (χ3v) is 3.39. The summed E-state index contributed by atoms with van der Waals surface area (Å²) in [4.78, 5) is 12.3. The predicted octanol–water partition coefficient (Wildman–Crippen LogP) is 3.40. The van der Waals surface area contributed by atoms with Crippen LogP contribution in [0.25, 0.3) is 0 Å². The lowest BCUT2D eigenvalue weighted by molar-refractivity contribution is 0.101. The van der Waals surface area contributed by atoms with Gasteiger partial charge in [0, 0.05) is 18.4 Å². The number of hydrogen-bond donors (Lipinski definition) is 0. The van der Waals surface area contributed by atoms with E-state index in [-0.39, 0.29) is 11.9 Å². The first-order valence-electron chi connectivity index (χ1n) is 6.60. The monoisotopic (exact) mass is 256 g/mol. The van der Waals surface area contributed by atoms with Gasteiger partial charge in [-0.1, -0.05) is 6.92 Å². The van der Waals surface area contributed by atoms with E-state index in [0.29, 0.717) is 11.3 Å². The van der Waals surface area contributed by atoms with Crippen LogP contribution >= 0.6 is 0 Å². The van der Waals surface area contributed by atoms with Crippen molar-refractivity contribution < 1.29 is 13.9 Å². The van der Waals surface area contributed by atoms with Gasteiger partial charge in [-0.3, -0.25) is 4.79 Å². The number of furan rings is 1. The molecule has 3 nitrogen and oxygen atoms in total. The zero-order chi connectivity index (χ0) is 13.4. The highest BCUT2D eigenvalue weighted by Crippen LogP contribution is 2.30. The second-order valence-corrected chi connectivity index (χ2v) is 4.90. The van der Waals surface area contributed by atoms with Crippen molar-refractivity contribution in [1.29, 1.82) is 0 Å². The summed E-state index contributed by atoms with van der Waals surface area (Å²) >= 11 is 0. The van der Waals surface area contributed by atoms with Crippen molar-refractivity contribution in [2.24, 2.45) is 0 Å². The molecule has 19 heavy (non-hydrogen) atoms. The molecular formula is C16H16O3. The van der Waals surface area contributed by atoms with E-state index in [1.54, 1.807) is 12.1 Å². The average molecular weight is 256 g/mol. The molecule has 0 N–H and O–H groups in total. The Kier molecular flexibility index (Phi) is 2.90. The van der Waals surface area contributed by atoms with Crippen molar-refractivity contribution in [3.63, 3.8) is 0 Å². The quantitative estimate of drug-likeness (QED) is 0.790. The summed E-state index contributed by atoms with van der Waals surface area (Å²) in [6.45, 7) is 4.03. The van der Waals surface area contributed by atoms with Gasteiger partial charge in [-0.25, -0.2) is 0 Å². The lowest BCUT2D eigenvalue weighted by Crippen LogP contribution is -2.05. The summed E-state index contributed by atoms with van der Waals surface area (Å²) in [6, 6.07) is 9.18. The number of benzene rings is 1. The Balaban J connectivity index is 1.90. The van der Waals surface area contributed by atoms with Crippen molar-refractivity contribution in [1.82, 2.24) is 0 Å². The highest BCUT2D eigenvalue weighted by molar-refractivity contribution is 6.07. The van der Waals surface area contributed by atoms with Crippen LogP contribution < -0.4 is 4.74 Å². The van der Waals surface area contributed by atoms with Gasteiger partial charge >= 0.3 is 0 Å². The molecule has 1 unspecified atom stereocenters. The summed E-state index contributed by atoms with van der Waals surface area (Å²) in [6.07, 6.45) is 1.84.